The smallest absolute Gasteiger partial charge is 0.185 e. The second-order valence-electron chi connectivity index (χ2n) is 3.01. The van der Waals surface area contributed by atoms with Gasteiger partial charge < -0.3 is 10.0 Å². The molecule has 1 N–H and O–H groups in total. The van der Waals surface area contributed by atoms with Crippen molar-refractivity contribution in [3.05, 3.63) is 10.6 Å². The van der Waals surface area contributed by atoms with Crippen molar-refractivity contribution in [3.8, 4) is 0 Å². The number of aryl methyl sites for hydroxylation is 1. The number of halogens is 1. The molecule has 0 radical (unpaired) electrons. The van der Waals surface area contributed by atoms with Crippen LogP contribution in [0, 0.1) is 6.92 Å². The van der Waals surface area contributed by atoms with E-state index in [-0.39, 0.29) is 0 Å². The monoisotopic (exact) mass is 204 g/mol. The molecule has 13 heavy (non-hydrogen) atoms. The lowest BCUT2D eigenvalue weighted by atomic mass is 10.3. The van der Waals surface area contributed by atoms with E-state index in [1.807, 2.05) is 19.0 Å². The molecular weight excluding hydrogens is 191 g/mol. The molecule has 0 amide bonds. The molecule has 1 unspecified atom stereocenters. The van der Waals surface area contributed by atoms with Crippen molar-refractivity contribution in [2.24, 2.45) is 0 Å². The van der Waals surface area contributed by atoms with Crippen LogP contribution in [0.4, 0.5) is 9.52 Å². The van der Waals surface area contributed by atoms with E-state index in [1.165, 1.54) is 11.3 Å². The van der Waals surface area contributed by atoms with Crippen molar-refractivity contribution in [2.45, 2.75) is 13.0 Å². The number of aliphatic hydroxyl groups excluding tert-OH is 1. The van der Waals surface area contributed by atoms with Crippen molar-refractivity contribution in [1.29, 1.82) is 0 Å². The molecule has 0 aliphatic heterocycles. The Hall–Kier alpha value is -0.680. The lowest BCUT2D eigenvalue weighted by molar-refractivity contribution is 0.144. The first-order chi connectivity index (χ1) is 6.06. The molecule has 0 fully saturated rings. The van der Waals surface area contributed by atoms with Gasteiger partial charge in [-0.1, -0.05) is 11.3 Å². The van der Waals surface area contributed by atoms with E-state index < -0.39 is 12.8 Å². The molecule has 1 rings (SSSR count). The standard InChI is InChI=1S/C8H13FN2OS/c1-5-7(6(12)4-9)13-8(10-5)11(2)3/h6,12H,4H2,1-3H3. The topological polar surface area (TPSA) is 36.4 Å². The van der Waals surface area contributed by atoms with Gasteiger partial charge in [0.05, 0.1) is 10.6 Å². The van der Waals surface area contributed by atoms with Crippen LogP contribution in [-0.4, -0.2) is 30.9 Å². The van der Waals surface area contributed by atoms with Gasteiger partial charge >= 0.3 is 0 Å². The molecule has 1 atom stereocenters. The predicted octanol–water partition coefficient (Wildman–Crippen LogP) is 1.52. The highest BCUT2D eigenvalue weighted by Gasteiger charge is 2.16. The Bertz CT molecular complexity index is 288. The normalized spacial score (nSPS) is 13.0. The SMILES string of the molecule is Cc1nc(N(C)C)sc1C(O)CF. The zero-order valence-electron chi connectivity index (χ0n) is 7.91. The van der Waals surface area contributed by atoms with Crippen molar-refractivity contribution in [1.82, 2.24) is 4.98 Å². The van der Waals surface area contributed by atoms with Gasteiger partial charge in [-0.15, -0.1) is 0 Å². The van der Waals surface area contributed by atoms with Gasteiger partial charge in [0.1, 0.15) is 12.8 Å². The second-order valence-corrected chi connectivity index (χ2v) is 4.02. The Morgan fingerprint density at radius 1 is 1.62 bits per heavy atom. The minimum atomic E-state index is -1.02. The summed E-state index contributed by atoms with van der Waals surface area (Å²) >= 11 is 1.33. The van der Waals surface area contributed by atoms with E-state index >= 15 is 0 Å². The molecule has 0 saturated heterocycles. The van der Waals surface area contributed by atoms with Gasteiger partial charge in [-0.25, -0.2) is 9.37 Å². The maximum atomic E-state index is 12.2. The van der Waals surface area contributed by atoms with Crippen LogP contribution in [0.5, 0.6) is 0 Å². The van der Waals surface area contributed by atoms with Crippen molar-refractivity contribution in [3.63, 3.8) is 0 Å². The van der Waals surface area contributed by atoms with Crippen LogP contribution in [-0.2, 0) is 0 Å². The molecule has 0 bridgehead atoms. The van der Waals surface area contributed by atoms with Crippen LogP contribution in [0.3, 0.4) is 0 Å². The lowest BCUT2D eigenvalue weighted by Crippen LogP contribution is -2.07. The van der Waals surface area contributed by atoms with Gasteiger partial charge in [0.15, 0.2) is 5.13 Å². The van der Waals surface area contributed by atoms with Crippen LogP contribution in [0.2, 0.25) is 0 Å². The van der Waals surface area contributed by atoms with Crippen LogP contribution >= 0.6 is 11.3 Å². The van der Waals surface area contributed by atoms with Gasteiger partial charge in [-0.3, -0.25) is 0 Å². The van der Waals surface area contributed by atoms with E-state index in [9.17, 15) is 9.50 Å². The zero-order chi connectivity index (χ0) is 10.0. The fraction of sp³-hybridized carbons (Fsp3) is 0.625. The average molecular weight is 204 g/mol. The summed E-state index contributed by atoms with van der Waals surface area (Å²) in [6.45, 7) is 1.02. The van der Waals surface area contributed by atoms with E-state index in [0.29, 0.717) is 10.6 Å². The maximum Gasteiger partial charge on any atom is 0.185 e. The molecule has 1 aromatic heterocycles. The van der Waals surface area contributed by atoms with Gasteiger partial charge in [0, 0.05) is 14.1 Å². The Kier molecular flexibility index (Phi) is 3.22. The van der Waals surface area contributed by atoms with Crippen molar-refractivity contribution >= 4 is 16.5 Å². The quantitative estimate of drug-likeness (QED) is 0.811. The Morgan fingerprint density at radius 2 is 2.23 bits per heavy atom. The van der Waals surface area contributed by atoms with E-state index in [4.69, 9.17) is 0 Å². The Morgan fingerprint density at radius 3 is 2.62 bits per heavy atom. The third kappa shape index (κ3) is 2.16. The fourth-order valence-corrected chi connectivity index (χ4v) is 1.92. The van der Waals surface area contributed by atoms with Crippen LogP contribution in [0.15, 0.2) is 0 Å². The highest BCUT2D eigenvalue weighted by Crippen LogP contribution is 2.29. The predicted molar refractivity (Wildman–Crippen MR) is 52.1 cm³/mol. The number of hydrogen-bond acceptors (Lipinski definition) is 4. The second kappa shape index (κ2) is 4.02. The number of thiazole rings is 1. The third-order valence-electron chi connectivity index (χ3n) is 1.65. The summed E-state index contributed by atoms with van der Waals surface area (Å²) in [7, 11) is 3.73. The zero-order valence-corrected chi connectivity index (χ0v) is 8.73. The lowest BCUT2D eigenvalue weighted by Gasteiger charge is -2.05. The van der Waals surface area contributed by atoms with Crippen molar-refractivity contribution in [2.75, 3.05) is 25.7 Å². The fourth-order valence-electron chi connectivity index (χ4n) is 0.964. The summed E-state index contributed by atoms with van der Waals surface area (Å²) in [5, 5.41) is 10.1. The number of rotatable bonds is 3. The highest BCUT2D eigenvalue weighted by molar-refractivity contribution is 7.15. The van der Waals surface area contributed by atoms with Gasteiger partial charge in [0.2, 0.25) is 0 Å². The molecule has 0 aromatic carbocycles. The first-order valence-electron chi connectivity index (χ1n) is 3.95. The number of alkyl halides is 1. The highest BCUT2D eigenvalue weighted by atomic mass is 32.1. The number of anilines is 1. The maximum absolute atomic E-state index is 12.2. The number of hydrogen-bond donors (Lipinski definition) is 1. The van der Waals surface area contributed by atoms with E-state index in [2.05, 4.69) is 4.98 Å². The summed E-state index contributed by atoms with van der Waals surface area (Å²) in [5.74, 6) is 0. The average Bonchev–Trinajstić information content (AvgIpc) is 2.46. The molecule has 0 spiro atoms. The summed E-state index contributed by atoms with van der Waals surface area (Å²) in [5.41, 5.74) is 0.707. The molecule has 3 nitrogen and oxygen atoms in total. The number of aliphatic hydroxyl groups is 1. The molecule has 1 heterocycles. The summed E-state index contributed by atoms with van der Waals surface area (Å²) < 4.78 is 12.2. The number of nitrogens with zero attached hydrogens (tertiary/aromatic N) is 2. The minimum Gasteiger partial charge on any atom is -0.385 e. The molecule has 0 aliphatic carbocycles. The molecule has 5 heteroatoms. The van der Waals surface area contributed by atoms with Crippen LogP contribution in [0.1, 0.15) is 16.7 Å². The first kappa shape index (κ1) is 10.4. The van der Waals surface area contributed by atoms with Crippen LogP contribution in [0.25, 0.3) is 0 Å². The number of aromatic nitrogens is 1. The summed E-state index contributed by atoms with van der Waals surface area (Å²) in [6.07, 6.45) is -1.02. The molecule has 74 valence electrons. The molecular formula is C8H13FN2OS. The summed E-state index contributed by atoms with van der Waals surface area (Å²) in [6, 6.07) is 0. The van der Waals surface area contributed by atoms with Gasteiger partial charge in [-0.2, -0.15) is 0 Å². The van der Waals surface area contributed by atoms with Gasteiger partial charge in [0.25, 0.3) is 0 Å². The molecule has 0 aliphatic rings. The van der Waals surface area contributed by atoms with E-state index in [0.717, 1.165) is 5.13 Å². The van der Waals surface area contributed by atoms with Crippen LogP contribution < -0.4 is 4.90 Å². The first-order valence-corrected chi connectivity index (χ1v) is 4.76. The van der Waals surface area contributed by atoms with E-state index in [1.54, 1.807) is 6.92 Å². The third-order valence-corrected chi connectivity index (χ3v) is 3.08. The Balaban J connectivity index is 2.96. The Labute approximate surface area is 80.8 Å². The van der Waals surface area contributed by atoms with Gasteiger partial charge in [-0.05, 0) is 6.92 Å². The minimum absolute atomic E-state index is 0.617. The molecule has 1 aromatic rings. The summed E-state index contributed by atoms with van der Waals surface area (Å²) in [4.78, 5) is 6.65. The largest absolute Gasteiger partial charge is 0.385 e. The van der Waals surface area contributed by atoms with Crippen molar-refractivity contribution < 1.29 is 9.50 Å². The molecule has 0 saturated carbocycles.